The van der Waals surface area contributed by atoms with Crippen LogP contribution in [0.3, 0.4) is 0 Å². The molecule has 2 aromatic rings. The van der Waals surface area contributed by atoms with Gasteiger partial charge in [-0.2, -0.15) is 5.26 Å². The number of benzene rings is 1. The van der Waals surface area contributed by atoms with Gasteiger partial charge in [0.2, 0.25) is 5.91 Å². The number of aryl methyl sites for hydroxylation is 1. The highest BCUT2D eigenvalue weighted by molar-refractivity contribution is 5.97. The predicted octanol–water partition coefficient (Wildman–Crippen LogP) is 2.88. The molecular formula is C23H28N4O3. The maximum atomic E-state index is 12.5. The third-order valence-electron chi connectivity index (χ3n) is 4.36. The number of carbonyl (C=O) groups excluding carboxylic acids is 2. The van der Waals surface area contributed by atoms with Gasteiger partial charge in [-0.1, -0.05) is 19.9 Å². The van der Waals surface area contributed by atoms with Crippen molar-refractivity contribution in [2.24, 2.45) is 5.92 Å². The Morgan fingerprint density at radius 2 is 1.93 bits per heavy atom. The van der Waals surface area contributed by atoms with E-state index >= 15 is 0 Å². The number of hydrogen-bond acceptors (Lipinski definition) is 5. The maximum Gasteiger partial charge on any atom is 0.251 e. The molecule has 158 valence electrons. The molecule has 7 heteroatoms. The molecule has 0 fully saturated rings. The topological polar surface area (TPSA) is 104 Å². The maximum absolute atomic E-state index is 12.5. The Hall–Kier alpha value is -3.40. The van der Waals surface area contributed by atoms with Gasteiger partial charge in [0, 0.05) is 17.5 Å². The lowest BCUT2D eigenvalue weighted by molar-refractivity contribution is -0.123. The van der Waals surface area contributed by atoms with Crippen molar-refractivity contribution in [3.63, 3.8) is 0 Å². The molecule has 1 atom stereocenters. The van der Waals surface area contributed by atoms with Crippen molar-refractivity contribution in [1.82, 2.24) is 15.6 Å². The highest BCUT2D eigenvalue weighted by atomic mass is 16.5. The van der Waals surface area contributed by atoms with E-state index in [0.29, 0.717) is 24.3 Å². The first-order chi connectivity index (χ1) is 14.5. The monoisotopic (exact) mass is 408 g/mol. The number of pyridine rings is 1. The molecule has 1 unspecified atom stereocenters. The van der Waals surface area contributed by atoms with Crippen LogP contribution in [-0.4, -0.2) is 36.0 Å². The highest BCUT2D eigenvalue weighted by Gasteiger charge is 2.22. The zero-order chi connectivity index (χ0) is 21.8. The normalized spacial score (nSPS) is 11.4. The SMILES string of the molecule is CC(C)CC(NC(=O)c1ccc(OCCCc2ccccn2)cc1)C(=O)NCC#N. The van der Waals surface area contributed by atoms with Crippen molar-refractivity contribution >= 4 is 11.8 Å². The van der Waals surface area contributed by atoms with Crippen molar-refractivity contribution in [3.8, 4) is 11.8 Å². The number of amides is 2. The number of nitrogens with zero attached hydrogens (tertiary/aromatic N) is 2. The number of hydrogen-bond donors (Lipinski definition) is 2. The van der Waals surface area contributed by atoms with Crippen LogP contribution in [0.25, 0.3) is 0 Å². The quantitative estimate of drug-likeness (QED) is 0.439. The Balaban J connectivity index is 1.85. The van der Waals surface area contributed by atoms with Crippen LogP contribution in [0.15, 0.2) is 48.7 Å². The predicted molar refractivity (Wildman–Crippen MR) is 114 cm³/mol. The van der Waals surface area contributed by atoms with Crippen LogP contribution in [-0.2, 0) is 11.2 Å². The van der Waals surface area contributed by atoms with Gasteiger partial charge in [-0.25, -0.2) is 0 Å². The van der Waals surface area contributed by atoms with E-state index < -0.39 is 6.04 Å². The fourth-order valence-corrected chi connectivity index (χ4v) is 2.89. The summed E-state index contributed by atoms with van der Waals surface area (Å²) in [6, 6.07) is 13.8. The number of nitrogens with one attached hydrogen (secondary N) is 2. The van der Waals surface area contributed by atoms with Crippen LogP contribution in [0.2, 0.25) is 0 Å². The standard InChI is InChI=1S/C23H28N4O3/c1-17(2)16-21(23(29)26-14-12-24)27-22(28)18-8-10-20(11-9-18)30-15-5-7-19-6-3-4-13-25-19/h3-4,6,8-11,13,17,21H,5,7,14-16H2,1-2H3,(H,26,29)(H,27,28). The van der Waals surface area contributed by atoms with Crippen molar-refractivity contribution in [3.05, 3.63) is 59.9 Å². The fraction of sp³-hybridized carbons (Fsp3) is 0.391. The molecule has 0 aliphatic heterocycles. The zero-order valence-electron chi connectivity index (χ0n) is 17.4. The van der Waals surface area contributed by atoms with E-state index in [1.807, 2.05) is 38.1 Å². The van der Waals surface area contributed by atoms with Gasteiger partial charge in [-0.3, -0.25) is 14.6 Å². The van der Waals surface area contributed by atoms with Gasteiger partial charge in [-0.05, 0) is 61.6 Å². The minimum Gasteiger partial charge on any atom is -0.494 e. The van der Waals surface area contributed by atoms with Crippen LogP contribution < -0.4 is 15.4 Å². The van der Waals surface area contributed by atoms with E-state index in [4.69, 9.17) is 10.00 Å². The van der Waals surface area contributed by atoms with Crippen molar-refractivity contribution in [2.75, 3.05) is 13.2 Å². The lowest BCUT2D eigenvalue weighted by atomic mass is 10.0. The van der Waals surface area contributed by atoms with Crippen LogP contribution in [0.4, 0.5) is 0 Å². The van der Waals surface area contributed by atoms with Crippen LogP contribution >= 0.6 is 0 Å². The smallest absolute Gasteiger partial charge is 0.251 e. The molecule has 2 N–H and O–H groups in total. The molecule has 0 bridgehead atoms. The molecule has 2 rings (SSSR count). The molecular weight excluding hydrogens is 380 g/mol. The number of ether oxygens (including phenoxy) is 1. The summed E-state index contributed by atoms with van der Waals surface area (Å²) >= 11 is 0. The highest BCUT2D eigenvalue weighted by Crippen LogP contribution is 2.14. The van der Waals surface area contributed by atoms with Gasteiger partial charge in [0.25, 0.3) is 5.91 Å². The Morgan fingerprint density at radius 3 is 2.57 bits per heavy atom. The van der Waals surface area contributed by atoms with E-state index in [0.717, 1.165) is 18.5 Å². The summed E-state index contributed by atoms with van der Waals surface area (Å²) in [5, 5.41) is 13.9. The number of carbonyl (C=O) groups is 2. The summed E-state index contributed by atoms with van der Waals surface area (Å²) in [5.74, 6) is 0.198. The second-order valence-electron chi connectivity index (χ2n) is 7.33. The van der Waals surface area contributed by atoms with Gasteiger partial charge in [0.1, 0.15) is 18.3 Å². The zero-order valence-corrected chi connectivity index (χ0v) is 17.4. The Kier molecular flexibility index (Phi) is 9.32. The number of nitriles is 1. The lowest BCUT2D eigenvalue weighted by Gasteiger charge is -2.19. The first kappa shape index (κ1) is 22.9. The third-order valence-corrected chi connectivity index (χ3v) is 4.36. The summed E-state index contributed by atoms with van der Waals surface area (Å²) in [4.78, 5) is 29.0. The molecule has 1 heterocycles. The van der Waals surface area contributed by atoms with Gasteiger partial charge >= 0.3 is 0 Å². The summed E-state index contributed by atoms with van der Waals surface area (Å²) in [7, 11) is 0. The van der Waals surface area contributed by atoms with Crippen molar-refractivity contribution in [2.45, 2.75) is 39.2 Å². The Bertz CT molecular complexity index is 845. The average Bonchev–Trinajstić information content (AvgIpc) is 2.75. The molecule has 2 amide bonds. The van der Waals surface area contributed by atoms with Gasteiger partial charge in [0.15, 0.2) is 0 Å². The second-order valence-corrected chi connectivity index (χ2v) is 7.33. The van der Waals surface area contributed by atoms with E-state index in [-0.39, 0.29) is 24.3 Å². The third kappa shape index (κ3) is 7.92. The van der Waals surface area contributed by atoms with Crippen LogP contribution in [0.5, 0.6) is 5.75 Å². The van der Waals surface area contributed by atoms with Gasteiger partial charge < -0.3 is 15.4 Å². The van der Waals surface area contributed by atoms with Crippen molar-refractivity contribution in [1.29, 1.82) is 5.26 Å². The molecule has 7 nitrogen and oxygen atoms in total. The van der Waals surface area contributed by atoms with Gasteiger partial charge in [-0.15, -0.1) is 0 Å². The largest absolute Gasteiger partial charge is 0.494 e. The van der Waals surface area contributed by atoms with Crippen LogP contribution in [0, 0.1) is 17.2 Å². The minimum atomic E-state index is -0.687. The first-order valence-corrected chi connectivity index (χ1v) is 10.1. The summed E-state index contributed by atoms with van der Waals surface area (Å²) in [6.45, 7) is 4.40. The number of aromatic nitrogens is 1. The molecule has 30 heavy (non-hydrogen) atoms. The molecule has 0 saturated carbocycles. The number of rotatable bonds is 11. The summed E-state index contributed by atoms with van der Waals surface area (Å²) < 4.78 is 5.72. The van der Waals surface area contributed by atoms with E-state index in [2.05, 4.69) is 15.6 Å². The van der Waals surface area contributed by atoms with E-state index in [1.165, 1.54) is 0 Å². The first-order valence-electron chi connectivity index (χ1n) is 10.1. The van der Waals surface area contributed by atoms with Gasteiger partial charge in [0.05, 0.1) is 12.7 Å². The van der Waals surface area contributed by atoms with Crippen LogP contribution in [0.1, 0.15) is 42.7 Å². The molecule has 0 spiro atoms. The fourth-order valence-electron chi connectivity index (χ4n) is 2.89. The minimum absolute atomic E-state index is 0.0876. The molecule has 0 saturated heterocycles. The molecule has 0 aliphatic carbocycles. The Morgan fingerprint density at radius 1 is 1.17 bits per heavy atom. The van der Waals surface area contributed by atoms with Crippen molar-refractivity contribution < 1.29 is 14.3 Å². The molecule has 0 radical (unpaired) electrons. The lowest BCUT2D eigenvalue weighted by Crippen LogP contribution is -2.47. The molecule has 1 aromatic carbocycles. The Labute approximate surface area is 177 Å². The summed E-state index contributed by atoms with van der Waals surface area (Å²) in [6.07, 6.45) is 3.94. The van der Waals surface area contributed by atoms with E-state index in [9.17, 15) is 9.59 Å². The summed E-state index contributed by atoms with van der Waals surface area (Å²) in [5.41, 5.74) is 1.47. The van der Waals surface area contributed by atoms with E-state index in [1.54, 1.807) is 30.5 Å². The second kappa shape index (κ2) is 12.2. The molecule has 0 aliphatic rings. The average molecular weight is 409 g/mol. The molecule has 1 aromatic heterocycles.